The minimum atomic E-state index is -0.523. The van der Waals surface area contributed by atoms with E-state index in [1.54, 1.807) is 13.3 Å². The van der Waals surface area contributed by atoms with Crippen LogP contribution in [0.25, 0.3) is 0 Å². The average molecular weight is 381 g/mol. The molecule has 2 aliphatic rings. The molecular formula is C21H27N5O2. The van der Waals surface area contributed by atoms with Crippen molar-refractivity contribution in [3.05, 3.63) is 53.6 Å². The molecule has 1 spiro atoms. The summed E-state index contributed by atoms with van der Waals surface area (Å²) in [6, 6.07) is 9.04. The van der Waals surface area contributed by atoms with Crippen LogP contribution in [0.3, 0.4) is 0 Å². The maximum atomic E-state index is 12.8. The summed E-state index contributed by atoms with van der Waals surface area (Å²) in [5, 5.41) is 6.48. The Bertz CT molecular complexity index is 839. The number of aromatic amines is 1. The number of benzene rings is 1. The molecule has 3 N–H and O–H groups in total. The topological polar surface area (TPSA) is 90.1 Å². The first-order valence-corrected chi connectivity index (χ1v) is 9.97. The van der Waals surface area contributed by atoms with Gasteiger partial charge in [-0.2, -0.15) is 0 Å². The van der Waals surface area contributed by atoms with Crippen LogP contribution < -0.4 is 10.6 Å². The normalized spacial score (nSPS) is 19.1. The molecule has 0 aliphatic carbocycles. The van der Waals surface area contributed by atoms with Crippen LogP contribution in [0.15, 0.2) is 36.7 Å². The zero-order chi connectivity index (χ0) is 19.6. The van der Waals surface area contributed by atoms with Crippen molar-refractivity contribution in [2.24, 2.45) is 0 Å². The fourth-order valence-electron chi connectivity index (χ4n) is 4.37. The van der Waals surface area contributed by atoms with E-state index < -0.39 is 6.04 Å². The van der Waals surface area contributed by atoms with Gasteiger partial charge in [0.2, 0.25) is 11.8 Å². The van der Waals surface area contributed by atoms with Crippen molar-refractivity contribution in [1.82, 2.24) is 25.5 Å². The Morgan fingerprint density at radius 3 is 2.75 bits per heavy atom. The van der Waals surface area contributed by atoms with Gasteiger partial charge < -0.3 is 20.5 Å². The fourth-order valence-corrected chi connectivity index (χ4v) is 4.37. The van der Waals surface area contributed by atoms with Gasteiger partial charge in [0, 0.05) is 31.7 Å². The number of rotatable bonds is 4. The molecule has 1 fully saturated rings. The molecule has 7 nitrogen and oxygen atoms in total. The summed E-state index contributed by atoms with van der Waals surface area (Å²) >= 11 is 0. The van der Waals surface area contributed by atoms with Crippen LogP contribution in [0, 0.1) is 0 Å². The number of fused-ring (bicyclic) bond motifs is 2. The number of piperidine rings is 1. The van der Waals surface area contributed by atoms with Crippen molar-refractivity contribution >= 4 is 11.8 Å². The molecular weight excluding hydrogens is 354 g/mol. The molecule has 3 heterocycles. The summed E-state index contributed by atoms with van der Waals surface area (Å²) in [7, 11) is 0. The Labute approximate surface area is 164 Å². The van der Waals surface area contributed by atoms with E-state index in [4.69, 9.17) is 0 Å². The van der Waals surface area contributed by atoms with Crippen LogP contribution in [0.4, 0.5) is 0 Å². The van der Waals surface area contributed by atoms with Crippen molar-refractivity contribution in [1.29, 1.82) is 0 Å². The molecule has 7 heteroatoms. The van der Waals surface area contributed by atoms with Crippen molar-refractivity contribution in [3.63, 3.8) is 0 Å². The quantitative estimate of drug-likeness (QED) is 0.740. The van der Waals surface area contributed by atoms with E-state index in [1.165, 1.54) is 5.69 Å². The maximum Gasteiger partial charge on any atom is 0.244 e. The highest BCUT2D eigenvalue weighted by molar-refractivity contribution is 5.88. The molecule has 148 valence electrons. The summed E-state index contributed by atoms with van der Waals surface area (Å²) < 4.78 is 0. The summed E-state index contributed by atoms with van der Waals surface area (Å²) in [5.74, 6) is -0.148. The Balaban J connectivity index is 1.32. The van der Waals surface area contributed by atoms with Gasteiger partial charge >= 0.3 is 0 Å². The van der Waals surface area contributed by atoms with Crippen LogP contribution in [-0.4, -0.2) is 52.4 Å². The third-order valence-corrected chi connectivity index (χ3v) is 5.89. The second-order valence-corrected chi connectivity index (χ2v) is 7.77. The SMILES string of the molecule is C[C@@H](NC(=O)Cc1ccccc1)C(=O)N1CCC2(CC1)NCCc1[nH]cnc12. The predicted molar refractivity (Wildman–Crippen MR) is 106 cm³/mol. The van der Waals surface area contributed by atoms with E-state index in [2.05, 4.69) is 20.6 Å². The fraction of sp³-hybridized carbons (Fsp3) is 0.476. The number of likely N-dealkylation sites (tertiary alicyclic amines) is 1. The molecule has 0 radical (unpaired) electrons. The molecule has 0 bridgehead atoms. The summed E-state index contributed by atoms with van der Waals surface area (Å²) in [5.41, 5.74) is 3.12. The smallest absolute Gasteiger partial charge is 0.244 e. The first-order chi connectivity index (χ1) is 13.6. The number of hydrogen-bond acceptors (Lipinski definition) is 4. The molecule has 1 aromatic carbocycles. The van der Waals surface area contributed by atoms with Gasteiger partial charge in [-0.25, -0.2) is 4.98 Å². The lowest BCUT2D eigenvalue weighted by molar-refractivity contribution is -0.137. The van der Waals surface area contributed by atoms with E-state index in [-0.39, 0.29) is 23.8 Å². The van der Waals surface area contributed by atoms with Crippen LogP contribution >= 0.6 is 0 Å². The highest BCUT2D eigenvalue weighted by Gasteiger charge is 2.42. The van der Waals surface area contributed by atoms with E-state index in [9.17, 15) is 9.59 Å². The van der Waals surface area contributed by atoms with Crippen molar-refractivity contribution in [2.45, 2.75) is 44.2 Å². The molecule has 2 aliphatic heterocycles. The standard InChI is InChI=1S/C21H27N5O2/c1-15(25-18(27)13-16-5-3-2-4-6-16)20(28)26-11-8-21(9-12-26)19-17(7-10-24-21)22-14-23-19/h2-6,14-15,24H,7-13H2,1H3,(H,22,23)(H,25,27)/t15-/m1/s1. The minimum Gasteiger partial charge on any atom is -0.348 e. The Morgan fingerprint density at radius 2 is 2.00 bits per heavy atom. The number of nitrogens with zero attached hydrogens (tertiary/aromatic N) is 2. The van der Waals surface area contributed by atoms with Gasteiger partial charge in [0.1, 0.15) is 6.04 Å². The van der Waals surface area contributed by atoms with Gasteiger partial charge in [0.25, 0.3) is 0 Å². The van der Waals surface area contributed by atoms with Crippen LogP contribution in [-0.2, 0) is 28.0 Å². The van der Waals surface area contributed by atoms with Gasteiger partial charge in [-0.1, -0.05) is 30.3 Å². The molecule has 1 aromatic heterocycles. The second-order valence-electron chi connectivity index (χ2n) is 7.77. The maximum absolute atomic E-state index is 12.8. The molecule has 0 saturated carbocycles. The van der Waals surface area contributed by atoms with E-state index in [0.29, 0.717) is 13.1 Å². The monoisotopic (exact) mass is 381 g/mol. The lowest BCUT2D eigenvalue weighted by Crippen LogP contribution is -2.57. The van der Waals surface area contributed by atoms with Gasteiger partial charge in [-0.3, -0.25) is 9.59 Å². The lowest BCUT2D eigenvalue weighted by Gasteiger charge is -2.44. The Kier molecular flexibility index (Phi) is 5.17. The minimum absolute atomic E-state index is 0.0191. The zero-order valence-corrected chi connectivity index (χ0v) is 16.2. The van der Waals surface area contributed by atoms with Crippen LogP contribution in [0.2, 0.25) is 0 Å². The largest absolute Gasteiger partial charge is 0.348 e. The number of imidazole rings is 1. The molecule has 4 rings (SSSR count). The highest BCUT2D eigenvalue weighted by atomic mass is 16.2. The number of aromatic nitrogens is 2. The van der Waals surface area contributed by atoms with Gasteiger partial charge in [0.15, 0.2) is 0 Å². The molecule has 28 heavy (non-hydrogen) atoms. The first kappa shape index (κ1) is 18.7. The van der Waals surface area contributed by atoms with Crippen molar-refractivity contribution in [2.75, 3.05) is 19.6 Å². The highest BCUT2D eigenvalue weighted by Crippen LogP contribution is 2.35. The number of amides is 2. The van der Waals surface area contributed by atoms with Gasteiger partial charge in [0.05, 0.1) is 24.0 Å². The Hall–Kier alpha value is -2.67. The number of nitrogens with one attached hydrogen (secondary N) is 3. The first-order valence-electron chi connectivity index (χ1n) is 9.97. The van der Waals surface area contributed by atoms with E-state index in [1.807, 2.05) is 35.2 Å². The molecule has 1 saturated heterocycles. The molecule has 2 amide bonds. The molecule has 2 aromatic rings. The number of carbonyl (C=O) groups excluding carboxylic acids is 2. The predicted octanol–water partition coefficient (Wildman–Crippen LogP) is 1.12. The summed E-state index contributed by atoms with van der Waals surface area (Å²) in [6.45, 7) is 4.02. The second kappa shape index (κ2) is 7.75. The average Bonchev–Trinajstić information content (AvgIpc) is 3.19. The zero-order valence-electron chi connectivity index (χ0n) is 16.2. The lowest BCUT2D eigenvalue weighted by atomic mass is 9.80. The van der Waals surface area contributed by atoms with Crippen molar-refractivity contribution < 1.29 is 9.59 Å². The van der Waals surface area contributed by atoms with E-state index in [0.717, 1.165) is 37.1 Å². The third kappa shape index (κ3) is 3.67. The van der Waals surface area contributed by atoms with Gasteiger partial charge in [-0.05, 0) is 25.3 Å². The number of H-pyrrole nitrogens is 1. The molecule has 1 atom stereocenters. The summed E-state index contributed by atoms with van der Waals surface area (Å²) in [6.07, 6.45) is 4.68. The van der Waals surface area contributed by atoms with Crippen molar-refractivity contribution in [3.8, 4) is 0 Å². The van der Waals surface area contributed by atoms with E-state index >= 15 is 0 Å². The van der Waals surface area contributed by atoms with Crippen LogP contribution in [0.1, 0.15) is 36.7 Å². The number of carbonyl (C=O) groups is 2. The molecule has 0 unspecified atom stereocenters. The third-order valence-electron chi connectivity index (χ3n) is 5.89. The Morgan fingerprint density at radius 1 is 1.25 bits per heavy atom. The van der Waals surface area contributed by atoms with Gasteiger partial charge in [-0.15, -0.1) is 0 Å². The van der Waals surface area contributed by atoms with Crippen LogP contribution in [0.5, 0.6) is 0 Å². The summed E-state index contributed by atoms with van der Waals surface area (Å²) in [4.78, 5) is 34.7. The number of hydrogen-bond donors (Lipinski definition) is 3.